The van der Waals surface area contributed by atoms with Crippen molar-refractivity contribution in [1.29, 1.82) is 0 Å². The zero-order valence-electron chi connectivity index (χ0n) is 14.7. The minimum absolute atomic E-state index is 0.171. The molecule has 6 nitrogen and oxygen atoms in total. The molecule has 2 heterocycles. The van der Waals surface area contributed by atoms with Gasteiger partial charge in [0.25, 0.3) is 0 Å². The maximum atomic E-state index is 12.3. The Kier molecular flexibility index (Phi) is 5.63. The van der Waals surface area contributed by atoms with Crippen LogP contribution in [0.5, 0.6) is 0 Å². The molecule has 1 aromatic heterocycles. The number of carbonyl (C=O) groups is 2. The molecule has 1 aromatic carbocycles. The summed E-state index contributed by atoms with van der Waals surface area (Å²) in [5.41, 5.74) is 2.22. The number of thioether (sulfide) groups is 1. The predicted octanol–water partition coefficient (Wildman–Crippen LogP) is 2.95. The maximum Gasteiger partial charge on any atom is 0.338 e. The van der Waals surface area contributed by atoms with E-state index in [1.54, 1.807) is 19.1 Å². The van der Waals surface area contributed by atoms with E-state index >= 15 is 0 Å². The number of likely N-dealkylation sites (tertiary alicyclic amines) is 1. The van der Waals surface area contributed by atoms with Crippen molar-refractivity contribution in [1.82, 2.24) is 14.5 Å². The minimum Gasteiger partial charge on any atom is -0.462 e. The van der Waals surface area contributed by atoms with Gasteiger partial charge in [0.15, 0.2) is 5.16 Å². The van der Waals surface area contributed by atoms with Gasteiger partial charge in [0, 0.05) is 19.6 Å². The molecule has 0 N–H and O–H groups in total. The van der Waals surface area contributed by atoms with E-state index in [-0.39, 0.29) is 11.9 Å². The quantitative estimate of drug-likeness (QED) is 0.585. The van der Waals surface area contributed by atoms with E-state index in [9.17, 15) is 9.59 Å². The van der Waals surface area contributed by atoms with Gasteiger partial charge < -0.3 is 14.2 Å². The Morgan fingerprint density at radius 3 is 2.68 bits per heavy atom. The van der Waals surface area contributed by atoms with Crippen LogP contribution in [0.3, 0.4) is 0 Å². The summed E-state index contributed by atoms with van der Waals surface area (Å²) < 4.78 is 7.12. The average Bonchev–Trinajstić information content (AvgIpc) is 3.26. The number of carbonyl (C=O) groups excluding carboxylic acids is 2. The molecular weight excluding hydrogens is 338 g/mol. The molecule has 0 radical (unpaired) electrons. The van der Waals surface area contributed by atoms with E-state index in [1.807, 2.05) is 17.9 Å². The number of rotatable bonds is 6. The molecule has 0 atom stereocenters. The fourth-order valence-corrected chi connectivity index (χ4v) is 4.03. The molecule has 25 heavy (non-hydrogen) atoms. The van der Waals surface area contributed by atoms with Gasteiger partial charge in [-0.3, -0.25) is 4.79 Å². The number of hydrogen-bond donors (Lipinski definition) is 0. The second kappa shape index (κ2) is 7.91. The summed E-state index contributed by atoms with van der Waals surface area (Å²) >= 11 is 1.46. The molecule has 1 saturated heterocycles. The molecule has 1 amide bonds. The lowest BCUT2D eigenvalue weighted by molar-refractivity contribution is -0.127. The Morgan fingerprint density at radius 1 is 1.24 bits per heavy atom. The van der Waals surface area contributed by atoms with E-state index in [0.717, 1.165) is 48.7 Å². The van der Waals surface area contributed by atoms with Crippen LogP contribution in [0.1, 0.15) is 37.0 Å². The maximum absolute atomic E-state index is 12.3. The van der Waals surface area contributed by atoms with Gasteiger partial charge in [-0.05, 0) is 44.9 Å². The van der Waals surface area contributed by atoms with Crippen LogP contribution in [-0.2, 0) is 16.1 Å². The molecule has 2 aromatic rings. The van der Waals surface area contributed by atoms with Gasteiger partial charge in [0.1, 0.15) is 0 Å². The molecule has 0 saturated carbocycles. The second-order valence-electron chi connectivity index (χ2n) is 5.94. The largest absolute Gasteiger partial charge is 0.462 e. The van der Waals surface area contributed by atoms with E-state index in [0.29, 0.717) is 17.9 Å². The Bertz CT molecular complexity index is 781. The molecular formula is C18H23N3O3S. The van der Waals surface area contributed by atoms with Crippen LogP contribution in [0.2, 0.25) is 0 Å². The number of imidazole rings is 1. The van der Waals surface area contributed by atoms with Crippen LogP contribution in [0.15, 0.2) is 23.4 Å². The lowest BCUT2D eigenvalue weighted by Gasteiger charge is -2.14. The summed E-state index contributed by atoms with van der Waals surface area (Å²) in [7, 11) is 0. The summed E-state index contributed by atoms with van der Waals surface area (Å²) in [6.07, 6.45) is 2.20. The van der Waals surface area contributed by atoms with Crippen molar-refractivity contribution in [2.75, 3.05) is 25.4 Å². The Labute approximate surface area is 151 Å². The van der Waals surface area contributed by atoms with Crippen LogP contribution in [0.25, 0.3) is 11.0 Å². The molecule has 1 aliphatic heterocycles. The van der Waals surface area contributed by atoms with Gasteiger partial charge in [0.05, 0.1) is 29.0 Å². The first kappa shape index (κ1) is 17.8. The van der Waals surface area contributed by atoms with Crippen molar-refractivity contribution >= 4 is 34.7 Å². The highest BCUT2D eigenvalue weighted by Crippen LogP contribution is 2.26. The number of fused-ring (bicyclic) bond motifs is 1. The van der Waals surface area contributed by atoms with Gasteiger partial charge in [-0.1, -0.05) is 11.8 Å². The molecule has 134 valence electrons. The summed E-state index contributed by atoms with van der Waals surface area (Å²) in [5, 5.41) is 0.811. The Morgan fingerprint density at radius 2 is 2.00 bits per heavy atom. The van der Waals surface area contributed by atoms with Crippen LogP contribution in [0.4, 0.5) is 0 Å². The zero-order valence-corrected chi connectivity index (χ0v) is 15.5. The monoisotopic (exact) mass is 361 g/mol. The van der Waals surface area contributed by atoms with Gasteiger partial charge >= 0.3 is 5.97 Å². The molecule has 1 aliphatic rings. The molecule has 0 bridgehead atoms. The van der Waals surface area contributed by atoms with Crippen LogP contribution >= 0.6 is 11.8 Å². The van der Waals surface area contributed by atoms with Crippen molar-refractivity contribution in [2.45, 2.75) is 38.4 Å². The van der Waals surface area contributed by atoms with E-state index in [2.05, 4.69) is 9.55 Å². The number of aryl methyl sites for hydroxylation is 1. The van der Waals surface area contributed by atoms with Crippen LogP contribution in [0, 0.1) is 0 Å². The highest BCUT2D eigenvalue weighted by Gasteiger charge is 2.20. The lowest BCUT2D eigenvalue weighted by Crippen LogP contribution is -2.29. The molecule has 0 spiro atoms. The summed E-state index contributed by atoms with van der Waals surface area (Å²) in [6, 6.07) is 5.41. The topological polar surface area (TPSA) is 64.4 Å². The highest BCUT2D eigenvalue weighted by molar-refractivity contribution is 7.99. The molecule has 0 unspecified atom stereocenters. The third kappa shape index (κ3) is 3.81. The number of amides is 1. The normalized spacial score (nSPS) is 14.2. The van der Waals surface area contributed by atoms with Gasteiger partial charge in [-0.2, -0.15) is 0 Å². The van der Waals surface area contributed by atoms with Gasteiger partial charge in [-0.15, -0.1) is 0 Å². The molecule has 3 rings (SSSR count). The number of ether oxygens (including phenoxy) is 1. The Hall–Kier alpha value is -2.02. The van der Waals surface area contributed by atoms with E-state index in [1.165, 1.54) is 11.8 Å². The highest BCUT2D eigenvalue weighted by atomic mass is 32.2. The summed E-state index contributed by atoms with van der Waals surface area (Å²) in [5.74, 6) is 0.229. The fourth-order valence-electron chi connectivity index (χ4n) is 3.05. The molecule has 0 aliphatic carbocycles. The van der Waals surface area contributed by atoms with Gasteiger partial charge in [-0.25, -0.2) is 9.78 Å². The lowest BCUT2D eigenvalue weighted by atomic mass is 10.2. The third-order valence-electron chi connectivity index (χ3n) is 4.32. The predicted molar refractivity (Wildman–Crippen MR) is 97.9 cm³/mol. The number of aromatic nitrogens is 2. The minimum atomic E-state index is -0.339. The van der Waals surface area contributed by atoms with Crippen LogP contribution < -0.4 is 0 Å². The number of benzene rings is 1. The number of nitrogens with zero attached hydrogens (tertiary/aromatic N) is 3. The number of esters is 1. The molecule has 1 fully saturated rings. The first-order valence-electron chi connectivity index (χ1n) is 8.72. The van der Waals surface area contributed by atoms with Gasteiger partial charge in [0.2, 0.25) is 5.91 Å². The smallest absolute Gasteiger partial charge is 0.338 e. The van der Waals surface area contributed by atoms with Crippen LogP contribution in [-0.4, -0.2) is 51.8 Å². The zero-order chi connectivity index (χ0) is 17.8. The Balaban J connectivity index is 1.79. The first-order valence-corrected chi connectivity index (χ1v) is 9.70. The standard InChI is InChI=1S/C18H23N3O3S/c1-3-21-15-8-7-13(17(23)24-4-2)11-14(15)19-18(21)25-12-16(22)20-9-5-6-10-20/h7-8,11H,3-6,9-10,12H2,1-2H3. The average molecular weight is 361 g/mol. The fraction of sp³-hybridized carbons (Fsp3) is 0.500. The first-order chi connectivity index (χ1) is 12.1. The van der Waals surface area contributed by atoms with Crippen molar-refractivity contribution < 1.29 is 14.3 Å². The summed E-state index contributed by atoms with van der Waals surface area (Å²) in [4.78, 5) is 30.7. The SMILES string of the molecule is CCOC(=O)c1ccc2c(c1)nc(SCC(=O)N1CCCC1)n2CC. The number of hydrogen-bond acceptors (Lipinski definition) is 5. The second-order valence-corrected chi connectivity index (χ2v) is 6.88. The van der Waals surface area contributed by atoms with E-state index < -0.39 is 0 Å². The van der Waals surface area contributed by atoms with E-state index in [4.69, 9.17) is 4.74 Å². The van der Waals surface area contributed by atoms with Crippen molar-refractivity contribution in [3.63, 3.8) is 0 Å². The summed E-state index contributed by atoms with van der Waals surface area (Å²) in [6.45, 7) is 6.68. The van der Waals surface area contributed by atoms with Crippen molar-refractivity contribution in [3.8, 4) is 0 Å². The molecule has 7 heteroatoms. The van der Waals surface area contributed by atoms with Crippen molar-refractivity contribution in [3.05, 3.63) is 23.8 Å². The van der Waals surface area contributed by atoms with Crippen molar-refractivity contribution in [2.24, 2.45) is 0 Å². The third-order valence-corrected chi connectivity index (χ3v) is 5.29.